The number of aromatic nitrogens is 1. The van der Waals surface area contributed by atoms with Crippen LogP contribution in [0.15, 0.2) is 71.1 Å². The van der Waals surface area contributed by atoms with Crippen molar-refractivity contribution in [3.8, 4) is 17.2 Å². The lowest BCUT2D eigenvalue weighted by molar-refractivity contribution is -0.0892. The van der Waals surface area contributed by atoms with Gasteiger partial charge in [-0.3, -0.25) is 9.36 Å². The summed E-state index contributed by atoms with van der Waals surface area (Å²) in [7, 11) is 0. The molecule has 0 spiro atoms. The lowest BCUT2D eigenvalue weighted by atomic mass is 9.94. The molecule has 0 fully saturated rings. The molecule has 3 nitrogen and oxygen atoms in total. The fourth-order valence-electron chi connectivity index (χ4n) is 3.51. The Morgan fingerprint density at radius 1 is 1.17 bits per heavy atom. The maximum Gasteiger partial charge on any atom is 0.416 e. The summed E-state index contributed by atoms with van der Waals surface area (Å²) in [6, 6.07) is 14.3. The molecule has 8 heteroatoms. The zero-order chi connectivity index (χ0) is 21.5. The second-order valence-electron chi connectivity index (χ2n) is 6.91. The van der Waals surface area contributed by atoms with Gasteiger partial charge in [-0.2, -0.15) is 18.4 Å². The number of hydrogen-bond donors (Lipinski definition) is 0. The number of halogens is 4. The Labute approximate surface area is 172 Å². The number of rotatable bonds is 3. The Hall–Kier alpha value is -3.18. The summed E-state index contributed by atoms with van der Waals surface area (Å²) in [5.74, 6) is -1.10. The number of benzene rings is 2. The molecule has 152 valence electrons. The van der Waals surface area contributed by atoms with Crippen LogP contribution in [0.2, 0.25) is 0 Å². The normalized spacial score (nSPS) is 19.0. The van der Waals surface area contributed by atoms with E-state index in [0.717, 1.165) is 35.1 Å². The Morgan fingerprint density at radius 3 is 2.67 bits per heavy atom. The SMILES string of the molecule is N#Cc1ccccc1-c1ccc2c(c1)sc(=O)n2CC1C=C(C(F)(F)F)C=CC1F. The van der Waals surface area contributed by atoms with Gasteiger partial charge in [0.2, 0.25) is 0 Å². The molecule has 0 N–H and O–H groups in total. The monoisotopic (exact) mass is 430 g/mol. The Morgan fingerprint density at radius 2 is 1.93 bits per heavy atom. The van der Waals surface area contributed by atoms with Crippen LogP contribution in [0.25, 0.3) is 21.3 Å². The lowest BCUT2D eigenvalue weighted by Crippen LogP contribution is -2.27. The van der Waals surface area contributed by atoms with E-state index in [1.165, 1.54) is 4.57 Å². The van der Waals surface area contributed by atoms with Crippen LogP contribution >= 0.6 is 11.3 Å². The highest BCUT2D eigenvalue weighted by molar-refractivity contribution is 7.16. The predicted molar refractivity (Wildman–Crippen MR) is 108 cm³/mol. The number of nitrogens with zero attached hydrogens (tertiary/aromatic N) is 2. The van der Waals surface area contributed by atoms with E-state index in [2.05, 4.69) is 6.07 Å². The summed E-state index contributed by atoms with van der Waals surface area (Å²) in [5.41, 5.74) is 1.56. The van der Waals surface area contributed by atoms with E-state index < -0.39 is 23.8 Å². The smallest absolute Gasteiger partial charge is 0.298 e. The third-order valence-electron chi connectivity index (χ3n) is 5.01. The molecular formula is C22H14F4N2OS. The van der Waals surface area contributed by atoms with E-state index >= 15 is 0 Å². The van der Waals surface area contributed by atoms with Gasteiger partial charge in [0, 0.05) is 12.5 Å². The molecule has 1 aliphatic carbocycles. The van der Waals surface area contributed by atoms with E-state index in [-0.39, 0.29) is 11.4 Å². The second kappa shape index (κ2) is 7.58. The van der Waals surface area contributed by atoms with Crippen molar-refractivity contribution in [1.29, 1.82) is 5.26 Å². The van der Waals surface area contributed by atoms with Crippen LogP contribution in [0.3, 0.4) is 0 Å². The minimum atomic E-state index is -4.57. The molecule has 1 aliphatic rings. The molecule has 2 atom stereocenters. The zero-order valence-electron chi connectivity index (χ0n) is 15.4. The third kappa shape index (κ3) is 3.68. The predicted octanol–water partition coefficient (Wildman–Crippen LogP) is 5.61. The summed E-state index contributed by atoms with van der Waals surface area (Å²) < 4.78 is 55.2. The largest absolute Gasteiger partial charge is 0.416 e. The maximum atomic E-state index is 14.3. The van der Waals surface area contributed by atoms with Crippen molar-refractivity contribution in [2.45, 2.75) is 18.9 Å². The topological polar surface area (TPSA) is 45.8 Å². The van der Waals surface area contributed by atoms with Crippen LogP contribution in [-0.2, 0) is 6.54 Å². The average molecular weight is 430 g/mol. The quantitative estimate of drug-likeness (QED) is 0.507. The molecule has 0 bridgehead atoms. The summed E-state index contributed by atoms with van der Waals surface area (Å²) >= 11 is 0.938. The molecule has 30 heavy (non-hydrogen) atoms. The van der Waals surface area contributed by atoms with Gasteiger partial charge in [-0.15, -0.1) is 0 Å². The van der Waals surface area contributed by atoms with Crippen molar-refractivity contribution in [3.63, 3.8) is 0 Å². The van der Waals surface area contributed by atoms with Crippen molar-refractivity contribution in [3.05, 3.63) is 81.5 Å². The molecule has 0 amide bonds. The van der Waals surface area contributed by atoms with Gasteiger partial charge in [-0.25, -0.2) is 4.39 Å². The van der Waals surface area contributed by atoms with Crippen molar-refractivity contribution in [2.24, 2.45) is 5.92 Å². The van der Waals surface area contributed by atoms with Gasteiger partial charge in [0.05, 0.1) is 27.4 Å². The van der Waals surface area contributed by atoms with Crippen LogP contribution in [0, 0.1) is 17.2 Å². The highest BCUT2D eigenvalue weighted by atomic mass is 32.1. The van der Waals surface area contributed by atoms with Crippen LogP contribution in [0.1, 0.15) is 5.56 Å². The number of fused-ring (bicyclic) bond motifs is 1. The van der Waals surface area contributed by atoms with E-state index in [1.807, 2.05) is 0 Å². The van der Waals surface area contributed by atoms with Crippen molar-refractivity contribution in [2.75, 3.05) is 0 Å². The first-order chi connectivity index (χ1) is 14.3. The standard InChI is InChI=1S/C22H14F4N2OS/c23-18-7-6-16(22(24,25)26)9-15(18)12-28-19-8-5-13(10-20(19)30-21(28)29)17-4-2-1-3-14(17)11-27/h1-10,15,18H,12H2. The van der Waals surface area contributed by atoms with Crippen molar-refractivity contribution in [1.82, 2.24) is 4.57 Å². The minimum absolute atomic E-state index is 0.196. The second-order valence-corrected chi connectivity index (χ2v) is 7.90. The fraction of sp³-hybridized carbons (Fsp3) is 0.182. The number of thiazole rings is 1. The highest BCUT2D eigenvalue weighted by Crippen LogP contribution is 2.34. The molecule has 2 aromatic carbocycles. The summed E-state index contributed by atoms with van der Waals surface area (Å²) in [6.07, 6.45) is -3.73. The third-order valence-corrected chi connectivity index (χ3v) is 5.95. The van der Waals surface area contributed by atoms with Gasteiger partial charge >= 0.3 is 11.0 Å². The molecule has 0 saturated carbocycles. The summed E-state index contributed by atoms with van der Waals surface area (Å²) in [4.78, 5) is 12.1. The fourth-order valence-corrected chi connectivity index (χ4v) is 4.45. The number of nitriles is 1. The molecule has 0 aliphatic heterocycles. The molecule has 1 heterocycles. The zero-order valence-corrected chi connectivity index (χ0v) is 16.2. The van der Waals surface area contributed by atoms with E-state index in [0.29, 0.717) is 21.3 Å². The summed E-state index contributed by atoms with van der Waals surface area (Å²) in [6.45, 7) is -0.196. The minimum Gasteiger partial charge on any atom is -0.298 e. The number of allylic oxidation sites excluding steroid dienone is 4. The van der Waals surface area contributed by atoms with Gasteiger partial charge in [0.25, 0.3) is 0 Å². The van der Waals surface area contributed by atoms with E-state index in [9.17, 15) is 27.6 Å². The first-order valence-corrected chi connectivity index (χ1v) is 9.84. The van der Waals surface area contributed by atoms with Gasteiger partial charge in [-0.05, 0) is 35.4 Å². The van der Waals surface area contributed by atoms with Gasteiger partial charge < -0.3 is 0 Å². The van der Waals surface area contributed by atoms with Crippen LogP contribution in [-0.4, -0.2) is 16.9 Å². The Kier molecular flexibility index (Phi) is 5.08. The van der Waals surface area contributed by atoms with E-state index in [1.54, 1.807) is 42.5 Å². The average Bonchev–Trinajstić information content (AvgIpc) is 3.03. The van der Waals surface area contributed by atoms with Crippen molar-refractivity contribution < 1.29 is 17.6 Å². The van der Waals surface area contributed by atoms with Crippen molar-refractivity contribution >= 4 is 21.6 Å². The Bertz CT molecular complexity index is 1280. The molecule has 0 saturated heterocycles. The molecule has 4 rings (SSSR count). The number of hydrogen-bond acceptors (Lipinski definition) is 3. The summed E-state index contributed by atoms with van der Waals surface area (Å²) in [5, 5.41) is 9.30. The molecular weight excluding hydrogens is 416 g/mol. The van der Waals surface area contributed by atoms with Gasteiger partial charge in [0.1, 0.15) is 6.17 Å². The lowest BCUT2D eigenvalue weighted by Gasteiger charge is -2.22. The van der Waals surface area contributed by atoms with Crippen LogP contribution in [0.5, 0.6) is 0 Å². The molecule has 2 unspecified atom stereocenters. The number of alkyl halides is 4. The van der Waals surface area contributed by atoms with Gasteiger partial charge in [-0.1, -0.05) is 47.8 Å². The first kappa shape index (κ1) is 20.1. The molecule has 1 aromatic heterocycles. The highest BCUT2D eigenvalue weighted by Gasteiger charge is 2.36. The Balaban J connectivity index is 1.72. The van der Waals surface area contributed by atoms with Gasteiger partial charge in [0.15, 0.2) is 0 Å². The maximum absolute atomic E-state index is 14.3. The first-order valence-electron chi connectivity index (χ1n) is 9.02. The van der Waals surface area contributed by atoms with E-state index in [4.69, 9.17) is 0 Å². The molecule has 3 aromatic rings. The molecule has 0 radical (unpaired) electrons. The van der Waals surface area contributed by atoms with Crippen LogP contribution in [0.4, 0.5) is 17.6 Å². The van der Waals surface area contributed by atoms with Crippen LogP contribution < -0.4 is 4.87 Å².